The number of oxazole rings is 1. The van der Waals surface area contributed by atoms with Crippen molar-refractivity contribution in [3.63, 3.8) is 0 Å². The van der Waals surface area contributed by atoms with Crippen molar-refractivity contribution >= 4 is 28.7 Å². The molecule has 0 radical (unpaired) electrons. The van der Waals surface area contributed by atoms with Crippen molar-refractivity contribution in [3.05, 3.63) is 52.8 Å². The Hall–Kier alpha value is -2.60. The van der Waals surface area contributed by atoms with Crippen molar-refractivity contribution in [1.29, 1.82) is 0 Å². The molecule has 2 aromatic carbocycles. The Morgan fingerprint density at radius 2 is 2.14 bits per heavy atom. The zero-order valence-corrected chi connectivity index (χ0v) is 11.1. The number of hydrogen-bond acceptors (Lipinski definition) is 4. The van der Waals surface area contributed by atoms with E-state index in [0.29, 0.717) is 5.52 Å². The number of aromatic carboxylic acids is 1. The maximum Gasteiger partial charge on any atom is 0.400 e. The van der Waals surface area contributed by atoms with E-state index in [1.54, 1.807) is 0 Å². The van der Waals surface area contributed by atoms with E-state index in [1.807, 2.05) is 0 Å². The number of benzene rings is 2. The summed E-state index contributed by atoms with van der Waals surface area (Å²) in [6.07, 6.45) is -0.200. The molecule has 0 aliphatic heterocycles. The molecule has 1 heterocycles. The van der Waals surface area contributed by atoms with E-state index in [-0.39, 0.29) is 28.0 Å². The highest BCUT2D eigenvalue weighted by Gasteiger charge is 2.14. The molecule has 0 fully saturated rings. The van der Waals surface area contributed by atoms with Crippen LogP contribution in [0.4, 0.5) is 4.39 Å². The molecule has 1 aromatic heterocycles. The van der Waals surface area contributed by atoms with Crippen molar-refractivity contribution in [2.75, 3.05) is 0 Å². The summed E-state index contributed by atoms with van der Waals surface area (Å²) in [5.41, 5.74) is 0.684. The Balaban J connectivity index is 1.98. The summed E-state index contributed by atoms with van der Waals surface area (Å²) >= 11 is 5.64. The van der Waals surface area contributed by atoms with Crippen LogP contribution in [0, 0.1) is 5.82 Å². The molecule has 0 unspecified atom stereocenters. The molecule has 0 aliphatic carbocycles. The second kappa shape index (κ2) is 5.06. The SMILES string of the molecule is O=C(O)c1ccc2nc(Oc3cccc(Cl)c3F)oc2c1. The number of carboxylic acids is 1. The molecule has 0 saturated heterocycles. The summed E-state index contributed by atoms with van der Waals surface area (Å²) in [4.78, 5) is 14.9. The first kappa shape index (κ1) is 13.4. The van der Waals surface area contributed by atoms with E-state index < -0.39 is 11.8 Å². The van der Waals surface area contributed by atoms with Gasteiger partial charge in [0.25, 0.3) is 0 Å². The van der Waals surface area contributed by atoms with Gasteiger partial charge in [-0.25, -0.2) is 9.18 Å². The van der Waals surface area contributed by atoms with Crippen LogP contribution in [0.1, 0.15) is 10.4 Å². The zero-order valence-electron chi connectivity index (χ0n) is 10.3. The summed E-state index contributed by atoms with van der Waals surface area (Å²) in [7, 11) is 0. The Labute approximate surface area is 122 Å². The highest BCUT2D eigenvalue weighted by atomic mass is 35.5. The van der Waals surface area contributed by atoms with Crippen LogP contribution in [0.5, 0.6) is 11.8 Å². The highest BCUT2D eigenvalue weighted by Crippen LogP contribution is 2.30. The molecule has 5 nitrogen and oxygen atoms in total. The van der Waals surface area contributed by atoms with Gasteiger partial charge in [0, 0.05) is 0 Å². The van der Waals surface area contributed by atoms with Gasteiger partial charge < -0.3 is 14.3 Å². The fourth-order valence-electron chi connectivity index (χ4n) is 1.74. The number of carbonyl (C=O) groups is 1. The average Bonchev–Trinajstić information content (AvgIpc) is 2.85. The van der Waals surface area contributed by atoms with Crippen LogP contribution < -0.4 is 4.74 Å². The number of hydrogen-bond donors (Lipinski definition) is 1. The van der Waals surface area contributed by atoms with E-state index in [1.165, 1.54) is 36.4 Å². The second-order valence-electron chi connectivity index (χ2n) is 4.12. The molecule has 106 valence electrons. The van der Waals surface area contributed by atoms with Gasteiger partial charge in [0.05, 0.1) is 10.6 Å². The lowest BCUT2D eigenvalue weighted by Gasteiger charge is -2.02. The van der Waals surface area contributed by atoms with Crippen LogP contribution in [0.25, 0.3) is 11.1 Å². The number of carboxylic acid groups (broad SMARTS) is 1. The largest absolute Gasteiger partial charge is 0.478 e. The second-order valence-corrected chi connectivity index (χ2v) is 4.53. The van der Waals surface area contributed by atoms with E-state index in [2.05, 4.69) is 4.98 Å². The van der Waals surface area contributed by atoms with Crippen LogP contribution in [-0.4, -0.2) is 16.1 Å². The van der Waals surface area contributed by atoms with Crippen molar-refractivity contribution in [3.8, 4) is 11.8 Å². The Morgan fingerprint density at radius 1 is 1.33 bits per heavy atom. The average molecular weight is 308 g/mol. The minimum Gasteiger partial charge on any atom is -0.478 e. The number of ether oxygens (including phenoxy) is 1. The first-order chi connectivity index (χ1) is 10.0. The summed E-state index contributed by atoms with van der Waals surface area (Å²) in [6, 6.07) is 8.45. The van der Waals surface area contributed by atoms with E-state index >= 15 is 0 Å². The van der Waals surface area contributed by atoms with Crippen molar-refractivity contribution in [2.24, 2.45) is 0 Å². The van der Waals surface area contributed by atoms with Crippen LogP contribution >= 0.6 is 11.6 Å². The first-order valence-corrected chi connectivity index (χ1v) is 6.18. The van der Waals surface area contributed by atoms with Gasteiger partial charge in [0.15, 0.2) is 17.1 Å². The predicted molar refractivity (Wildman–Crippen MR) is 72.5 cm³/mol. The molecule has 0 amide bonds. The first-order valence-electron chi connectivity index (χ1n) is 5.80. The quantitative estimate of drug-likeness (QED) is 0.788. The fourth-order valence-corrected chi connectivity index (χ4v) is 1.90. The Kier molecular flexibility index (Phi) is 3.23. The highest BCUT2D eigenvalue weighted by molar-refractivity contribution is 6.30. The monoisotopic (exact) mass is 307 g/mol. The van der Waals surface area contributed by atoms with E-state index in [0.717, 1.165) is 0 Å². The van der Waals surface area contributed by atoms with Crippen LogP contribution in [0.2, 0.25) is 5.02 Å². The molecular formula is C14H7ClFNO4. The number of aromatic nitrogens is 1. The summed E-state index contributed by atoms with van der Waals surface area (Å²) in [6.45, 7) is 0. The summed E-state index contributed by atoms with van der Waals surface area (Å²) in [5, 5.41) is 8.81. The molecule has 0 aliphatic rings. The molecule has 0 bridgehead atoms. The van der Waals surface area contributed by atoms with Crippen LogP contribution in [0.3, 0.4) is 0 Å². The van der Waals surface area contributed by atoms with Crippen LogP contribution in [-0.2, 0) is 0 Å². The molecule has 0 atom stereocenters. The van der Waals surface area contributed by atoms with Crippen molar-refractivity contribution in [2.45, 2.75) is 0 Å². The van der Waals surface area contributed by atoms with E-state index in [4.69, 9.17) is 25.9 Å². The predicted octanol–water partition coefficient (Wildman–Crippen LogP) is 4.11. The Bertz CT molecular complexity index is 846. The summed E-state index contributed by atoms with van der Waals surface area (Å²) < 4.78 is 24.2. The molecular weight excluding hydrogens is 301 g/mol. The number of nitrogens with zero attached hydrogens (tertiary/aromatic N) is 1. The standard InChI is InChI=1S/C14H7ClFNO4/c15-8-2-1-3-10(12(8)16)20-14-17-9-5-4-7(13(18)19)6-11(9)21-14/h1-6H,(H,18,19). The Morgan fingerprint density at radius 3 is 2.90 bits per heavy atom. The maximum absolute atomic E-state index is 13.7. The van der Waals surface area contributed by atoms with Gasteiger partial charge in [-0.1, -0.05) is 17.7 Å². The molecule has 1 N–H and O–H groups in total. The topological polar surface area (TPSA) is 72.6 Å². The van der Waals surface area contributed by atoms with Gasteiger partial charge >= 0.3 is 12.0 Å². The van der Waals surface area contributed by atoms with Gasteiger partial charge in [0.1, 0.15) is 5.52 Å². The molecule has 3 rings (SSSR count). The molecule has 0 spiro atoms. The number of fused-ring (bicyclic) bond motifs is 1. The van der Waals surface area contributed by atoms with Gasteiger partial charge in [-0.05, 0) is 30.3 Å². The lowest BCUT2D eigenvalue weighted by atomic mass is 10.2. The molecule has 21 heavy (non-hydrogen) atoms. The van der Waals surface area contributed by atoms with Crippen LogP contribution in [0.15, 0.2) is 40.8 Å². The summed E-state index contributed by atoms with van der Waals surface area (Å²) in [5.74, 6) is -1.95. The van der Waals surface area contributed by atoms with Gasteiger partial charge in [-0.3, -0.25) is 0 Å². The van der Waals surface area contributed by atoms with Crippen molar-refractivity contribution in [1.82, 2.24) is 4.98 Å². The van der Waals surface area contributed by atoms with Gasteiger partial charge in [-0.15, -0.1) is 0 Å². The molecule has 3 aromatic rings. The number of halogens is 2. The molecule has 7 heteroatoms. The maximum atomic E-state index is 13.7. The zero-order chi connectivity index (χ0) is 15.0. The lowest BCUT2D eigenvalue weighted by Crippen LogP contribution is -1.94. The fraction of sp³-hybridized carbons (Fsp3) is 0. The normalized spacial score (nSPS) is 10.8. The lowest BCUT2D eigenvalue weighted by molar-refractivity contribution is 0.0697. The van der Waals surface area contributed by atoms with Gasteiger partial charge in [-0.2, -0.15) is 4.98 Å². The molecule has 0 saturated carbocycles. The van der Waals surface area contributed by atoms with E-state index in [9.17, 15) is 9.18 Å². The number of rotatable bonds is 3. The third-order valence-electron chi connectivity index (χ3n) is 2.73. The van der Waals surface area contributed by atoms with Crippen molar-refractivity contribution < 1.29 is 23.4 Å². The minimum absolute atomic E-state index is 0.0548. The third-order valence-corrected chi connectivity index (χ3v) is 3.02. The van der Waals surface area contributed by atoms with Gasteiger partial charge in [0.2, 0.25) is 0 Å². The third kappa shape index (κ3) is 2.53. The smallest absolute Gasteiger partial charge is 0.400 e. The minimum atomic E-state index is -1.09.